The van der Waals surface area contributed by atoms with E-state index >= 15 is 4.39 Å². The number of para-hydroxylation sites is 2. The number of aromatic nitrogens is 5. The summed E-state index contributed by atoms with van der Waals surface area (Å²) in [5, 5.41) is 24.0. The van der Waals surface area contributed by atoms with Crippen molar-refractivity contribution in [3.05, 3.63) is 117 Å². The summed E-state index contributed by atoms with van der Waals surface area (Å²) in [6.07, 6.45) is 4.52. The molecular formula is C35H31Cl3FN7O6S. The second-order valence-electron chi connectivity index (χ2n) is 11.6. The molecule has 276 valence electrons. The summed E-state index contributed by atoms with van der Waals surface area (Å²) in [5.74, 6) is -1.09. The van der Waals surface area contributed by atoms with Crippen molar-refractivity contribution in [1.29, 1.82) is 0 Å². The largest absolute Gasteiger partial charge is 0.470 e. The van der Waals surface area contributed by atoms with Gasteiger partial charge in [-0.3, -0.25) is 0 Å². The maximum absolute atomic E-state index is 15.1. The number of hydrogen-bond donors (Lipinski definition) is 2. The van der Waals surface area contributed by atoms with Crippen molar-refractivity contribution in [2.45, 2.75) is 36.3 Å². The lowest BCUT2D eigenvalue weighted by Gasteiger charge is -2.33. The predicted molar refractivity (Wildman–Crippen MR) is 198 cm³/mol. The molecule has 1 aliphatic carbocycles. The summed E-state index contributed by atoms with van der Waals surface area (Å²) >= 11 is 24.0. The predicted octanol–water partition coefficient (Wildman–Crippen LogP) is 7.90. The summed E-state index contributed by atoms with van der Waals surface area (Å²) in [7, 11) is 1.37. The first-order chi connectivity index (χ1) is 25.6. The Labute approximate surface area is 322 Å². The molecule has 0 radical (unpaired) electrons. The Hall–Kier alpha value is -4.80. The number of nitrogens with one attached hydrogen (secondary N) is 1. The number of rotatable bonds is 12. The summed E-state index contributed by atoms with van der Waals surface area (Å²) in [6, 6.07) is 20.8. The highest BCUT2D eigenvalue weighted by Gasteiger charge is 2.58. The van der Waals surface area contributed by atoms with E-state index in [0.29, 0.717) is 33.4 Å². The fraction of sp³-hybridized carbons (Fsp3) is 0.257. The van der Waals surface area contributed by atoms with Crippen LogP contribution in [0.5, 0.6) is 23.3 Å². The van der Waals surface area contributed by atoms with Gasteiger partial charge in [-0.2, -0.15) is 19.5 Å². The molecule has 2 aromatic heterocycles. The van der Waals surface area contributed by atoms with Gasteiger partial charge in [0.1, 0.15) is 43.5 Å². The number of alkyl halides is 1. The molecule has 2 N–H and O–H groups in total. The van der Waals surface area contributed by atoms with Crippen molar-refractivity contribution >= 4 is 58.6 Å². The van der Waals surface area contributed by atoms with Crippen LogP contribution in [-0.4, -0.2) is 72.2 Å². The van der Waals surface area contributed by atoms with Gasteiger partial charge in [-0.05, 0) is 66.1 Å². The van der Waals surface area contributed by atoms with Gasteiger partial charge in [-0.25, -0.2) is 4.68 Å². The number of aliphatic hydroxyl groups is 1. The zero-order chi connectivity index (χ0) is 37.4. The zero-order valence-electron chi connectivity index (χ0n) is 27.9. The van der Waals surface area contributed by atoms with Gasteiger partial charge in [-0.15, -0.1) is 11.6 Å². The monoisotopic (exact) mass is 801 g/mol. The van der Waals surface area contributed by atoms with Gasteiger partial charge in [0.05, 0.1) is 22.0 Å². The highest BCUT2D eigenvalue weighted by Crippen LogP contribution is 2.53. The van der Waals surface area contributed by atoms with Crippen molar-refractivity contribution < 1.29 is 33.4 Å². The number of H-pyrrole nitrogens is 1. The molecule has 2 aliphatic rings. The third kappa shape index (κ3) is 9.05. The number of halogens is 4. The van der Waals surface area contributed by atoms with E-state index < -0.39 is 16.3 Å². The molecule has 0 bridgehead atoms. The van der Waals surface area contributed by atoms with E-state index in [1.54, 1.807) is 53.2 Å². The van der Waals surface area contributed by atoms with Crippen LogP contribution in [0.2, 0.25) is 10.0 Å². The van der Waals surface area contributed by atoms with Gasteiger partial charge < -0.3 is 34.0 Å². The quantitative estimate of drug-likeness (QED) is 0.0552. The summed E-state index contributed by atoms with van der Waals surface area (Å²) in [6.45, 7) is 0.834. The molecule has 3 heterocycles. The molecule has 18 heteroatoms. The minimum atomic E-state index is -1.15. The molecule has 7 rings (SSSR count). The van der Waals surface area contributed by atoms with E-state index in [-0.39, 0.29) is 48.0 Å². The smallest absolute Gasteiger partial charge is 0.280 e. The van der Waals surface area contributed by atoms with Gasteiger partial charge in [0.2, 0.25) is 5.82 Å². The number of aromatic amines is 1. The third-order valence-electron chi connectivity index (χ3n) is 8.06. The second kappa shape index (κ2) is 16.9. The van der Waals surface area contributed by atoms with Crippen molar-refractivity contribution in [2.24, 2.45) is 10.3 Å². The van der Waals surface area contributed by atoms with Crippen LogP contribution in [0.4, 0.5) is 4.39 Å². The van der Waals surface area contributed by atoms with Crippen LogP contribution in [-0.2, 0) is 27.4 Å². The van der Waals surface area contributed by atoms with E-state index in [4.69, 9.17) is 70.9 Å². The lowest BCUT2D eigenvalue weighted by atomic mass is 9.89. The number of nitrogens with zero attached hydrogens (tertiary/aromatic N) is 6. The number of oxime groups is 2. The van der Waals surface area contributed by atoms with Crippen LogP contribution in [0, 0.1) is 10.6 Å². The molecule has 1 aliphatic heterocycles. The van der Waals surface area contributed by atoms with Gasteiger partial charge in [0.25, 0.3) is 17.7 Å². The lowest BCUT2D eigenvalue weighted by Crippen LogP contribution is -2.47. The Bertz CT molecular complexity index is 2180. The van der Waals surface area contributed by atoms with E-state index in [1.807, 2.05) is 24.3 Å². The molecule has 1 atom stereocenters. The Kier molecular flexibility index (Phi) is 12.1. The molecule has 1 saturated carbocycles. The fourth-order valence-corrected chi connectivity index (χ4v) is 5.97. The maximum atomic E-state index is 15.1. The molecule has 5 aromatic rings. The van der Waals surface area contributed by atoms with Crippen LogP contribution in [0.3, 0.4) is 0 Å². The molecule has 1 unspecified atom stereocenters. The Morgan fingerprint density at radius 1 is 1.00 bits per heavy atom. The highest BCUT2D eigenvalue weighted by molar-refractivity contribution is 7.71. The van der Waals surface area contributed by atoms with Gasteiger partial charge in [-0.1, -0.05) is 70.8 Å². The molecule has 1 fully saturated rings. The first-order valence-electron chi connectivity index (χ1n) is 16.0. The Morgan fingerprint density at radius 3 is 2.28 bits per heavy atom. The van der Waals surface area contributed by atoms with E-state index in [2.05, 4.69) is 30.4 Å². The summed E-state index contributed by atoms with van der Waals surface area (Å²) in [4.78, 5) is 19.9. The van der Waals surface area contributed by atoms with Crippen molar-refractivity contribution in [1.82, 2.24) is 24.7 Å². The molecular weight excluding hydrogens is 772 g/mol. The van der Waals surface area contributed by atoms with E-state index in [9.17, 15) is 5.11 Å². The number of hydrogen-bond acceptors (Lipinski definition) is 12. The molecule has 3 aromatic carbocycles. The fourth-order valence-electron chi connectivity index (χ4n) is 5.21. The third-order valence-corrected chi connectivity index (χ3v) is 9.80. The maximum Gasteiger partial charge on any atom is 0.280 e. The summed E-state index contributed by atoms with van der Waals surface area (Å²) in [5.41, 5.74) is 0.332. The highest BCUT2D eigenvalue weighted by atomic mass is 35.5. The zero-order valence-corrected chi connectivity index (χ0v) is 31.0. The summed E-state index contributed by atoms with van der Waals surface area (Å²) < 4.78 is 33.8. The van der Waals surface area contributed by atoms with Gasteiger partial charge >= 0.3 is 0 Å². The average molecular weight is 803 g/mol. The first kappa shape index (κ1) is 37.9. The van der Waals surface area contributed by atoms with E-state index in [0.717, 1.165) is 24.7 Å². The number of benzene rings is 3. The molecule has 0 amide bonds. The number of ether oxygens (including phenoxy) is 3. The normalized spacial score (nSPS) is 15.7. The van der Waals surface area contributed by atoms with Crippen LogP contribution < -0.4 is 9.47 Å². The van der Waals surface area contributed by atoms with Gasteiger partial charge in [0.15, 0.2) is 17.1 Å². The molecule has 53 heavy (non-hydrogen) atoms. The lowest BCUT2D eigenvalue weighted by molar-refractivity contribution is 0.00728. The van der Waals surface area contributed by atoms with Crippen LogP contribution in [0.25, 0.3) is 0 Å². The topological polar surface area (TPSA) is 150 Å². The van der Waals surface area contributed by atoms with E-state index in [1.165, 1.54) is 13.4 Å². The SMILES string of the molecule is CON=C(C1=NOCCO1)c1ccccc1Oc1ncnc(Oc2ccccc2Cl)c1F.OC(Cc1ccccc1Cl)(Cn1nc[nH]c1=S)C1(Cl)CC1. The van der Waals surface area contributed by atoms with Crippen molar-refractivity contribution in [3.63, 3.8) is 0 Å². The first-order valence-corrected chi connectivity index (χ1v) is 17.5. The van der Waals surface area contributed by atoms with Crippen LogP contribution in [0.15, 0.2) is 95.8 Å². The Morgan fingerprint density at radius 2 is 1.66 bits per heavy atom. The minimum absolute atomic E-state index is 0.0973. The second-order valence-corrected chi connectivity index (χ2v) is 13.6. The molecule has 0 spiro atoms. The van der Waals surface area contributed by atoms with Crippen molar-refractivity contribution in [3.8, 4) is 23.3 Å². The van der Waals surface area contributed by atoms with Gasteiger partial charge in [0, 0.05) is 11.4 Å². The molecule has 0 saturated heterocycles. The van der Waals surface area contributed by atoms with Crippen molar-refractivity contribution in [2.75, 3.05) is 20.3 Å². The molecule has 13 nitrogen and oxygen atoms in total. The average Bonchev–Trinajstić information content (AvgIpc) is 3.81. The van der Waals surface area contributed by atoms with Crippen LogP contribution >= 0.6 is 47.0 Å². The van der Waals surface area contributed by atoms with Crippen LogP contribution in [0.1, 0.15) is 24.0 Å². The standard InChI is InChI=1S/C21H16ClFN4O5.C14H15Cl2N3OS/c1-28-26-18(21-27-30-11-10-29-21)13-6-2-4-8-15(13)31-19-17(23)20(25-12-24-19)32-16-9-5-3-7-14(16)22;15-11-4-2-1-3-10(11)7-14(20,13(16)5-6-13)8-19-12(21)17-9-18-19/h2-9,12H,10-11H2,1H3;1-4,9,20H,5-8H2,(H,17,18,21). The Balaban J connectivity index is 0.000000198. The minimum Gasteiger partial charge on any atom is -0.470 e.